The first kappa shape index (κ1) is 22.1. The third-order valence-corrected chi connectivity index (χ3v) is 6.94. The van der Waals surface area contributed by atoms with Gasteiger partial charge in [-0.05, 0) is 29.8 Å². The predicted octanol–water partition coefficient (Wildman–Crippen LogP) is 3.56. The van der Waals surface area contributed by atoms with Crippen LogP contribution >= 0.6 is 11.8 Å². The van der Waals surface area contributed by atoms with Crippen LogP contribution in [0.4, 0.5) is 10.3 Å². The number of hydrogen-bond donors (Lipinski definition) is 2. The monoisotopic (exact) mass is 478 g/mol. The quantitative estimate of drug-likeness (QED) is 0.420. The molecule has 2 N–H and O–H groups in total. The number of methoxy groups -OCH3 is 1. The van der Waals surface area contributed by atoms with Gasteiger partial charge in [-0.3, -0.25) is 9.48 Å². The van der Waals surface area contributed by atoms with E-state index in [9.17, 15) is 9.18 Å². The van der Waals surface area contributed by atoms with Crippen molar-refractivity contribution in [3.63, 3.8) is 0 Å². The van der Waals surface area contributed by atoms with E-state index < -0.39 is 11.9 Å². The van der Waals surface area contributed by atoms with E-state index in [0.29, 0.717) is 28.6 Å². The number of thioether (sulfide) groups is 1. The van der Waals surface area contributed by atoms with Crippen molar-refractivity contribution in [3.8, 4) is 5.75 Å². The minimum atomic E-state index is -0.601. The summed E-state index contributed by atoms with van der Waals surface area (Å²) in [6.45, 7) is 0. The molecule has 2 aromatic carbocycles. The molecule has 174 valence electrons. The molecule has 0 radical (unpaired) electrons. The summed E-state index contributed by atoms with van der Waals surface area (Å²) in [5.74, 6) is 1.94. The number of hydrogen-bond acceptors (Lipinski definition) is 7. The SMILES string of the molecule is COc1ccc(C(NC(=O)c2ccc3cnc(NC4CSC4)nc3c2)c2cnn(C)c2)cc1F. The van der Waals surface area contributed by atoms with Gasteiger partial charge in [-0.25, -0.2) is 14.4 Å². The van der Waals surface area contributed by atoms with Crippen LogP contribution in [-0.4, -0.2) is 50.3 Å². The summed E-state index contributed by atoms with van der Waals surface area (Å²) in [7, 11) is 3.20. The number of anilines is 1. The fourth-order valence-corrected chi connectivity index (χ4v) is 4.40. The first-order chi connectivity index (χ1) is 16.5. The lowest BCUT2D eigenvalue weighted by Crippen LogP contribution is -2.33. The molecule has 1 amide bonds. The number of halogens is 1. The highest BCUT2D eigenvalue weighted by molar-refractivity contribution is 8.00. The van der Waals surface area contributed by atoms with Crippen LogP contribution in [0.25, 0.3) is 10.9 Å². The number of aryl methyl sites for hydroxylation is 1. The second-order valence-electron chi connectivity index (χ2n) is 8.09. The number of carbonyl (C=O) groups is 1. The van der Waals surface area contributed by atoms with Gasteiger partial charge in [-0.2, -0.15) is 16.9 Å². The Labute approximate surface area is 199 Å². The molecule has 1 atom stereocenters. The molecule has 1 aliphatic rings. The lowest BCUT2D eigenvalue weighted by Gasteiger charge is -2.25. The van der Waals surface area contributed by atoms with Crippen molar-refractivity contribution in [3.05, 3.63) is 77.5 Å². The summed E-state index contributed by atoms with van der Waals surface area (Å²) in [6, 6.07) is 9.69. The van der Waals surface area contributed by atoms with Crippen LogP contribution in [0, 0.1) is 5.82 Å². The molecule has 1 saturated heterocycles. The molecule has 4 aromatic rings. The number of aromatic nitrogens is 4. The van der Waals surface area contributed by atoms with Gasteiger partial charge in [0.2, 0.25) is 5.95 Å². The minimum absolute atomic E-state index is 0.138. The fraction of sp³-hybridized carbons (Fsp3) is 0.250. The summed E-state index contributed by atoms with van der Waals surface area (Å²) < 4.78 is 21.1. The third kappa shape index (κ3) is 4.54. The number of ether oxygens (including phenoxy) is 1. The number of carbonyl (C=O) groups excluding carboxylic acids is 1. The average molecular weight is 479 g/mol. The van der Waals surface area contributed by atoms with Crippen LogP contribution in [0.5, 0.6) is 5.75 Å². The first-order valence-electron chi connectivity index (χ1n) is 10.7. The van der Waals surface area contributed by atoms with E-state index in [4.69, 9.17) is 4.74 Å². The lowest BCUT2D eigenvalue weighted by molar-refractivity contribution is 0.0943. The maximum absolute atomic E-state index is 14.4. The van der Waals surface area contributed by atoms with E-state index in [0.717, 1.165) is 22.5 Å². The summed E-state index contributed by atoms with van der Waals surface area (Å²) in [5, 5.41) is 11.4. The van der Waals surface area contributed by atoms with Gasteiger partial charge in [-0.1, -0.05) is 12.1 Å². The molecule has 1 aliphatic heterocycles. The highest BCUT2D eigenvalue weighted by Crippen LogP contribution is 2.27. The van der Waals surface area contributed by atoms with Gasteiger partial charge in [0.15, 0.2) is 11.6 Å². The van der Waals surface area contributed by atoms with Crippen molar-refractivity contribution in [2.45, 2.75) is 12.1 Å². The Kier molecular flexibility index (Phi) is 6.06. The van der Waals surface area contributed by atoms with Crippen LogP contribution in [0.2, 0.25) is 0 Å². The number of nitrogens with one attached hydrogen (secondary N) is 2. The van der Waals surface area contributed by atoms with Gasteiger partial charge in [0.1, 0.15) is 0 Å². The topological polar surface area (TPSA) is 94.0 Å². The molecule has 3 heterocycles. The second kappa shape index (κ2) is 9.30. The van der Waals surface area contributed by atoms with E-state index in [1.54, 1.807) is 54.6 Å². The minimum Gasteiger partial charge on any atom is -0.494 e. The number of amides is 1. The molecule has 1 unspecified atom stereocenters. The molecular weight excluding hydrogens is 455 g/mol. The van der Waals surface area contributed by atoms with Crippen LogP contribution in [0.1, 0.15) is 27.5 Å². The zero-order chi connectivity index (χ0) is 23.7. The molecule has 2 aromatic heterocycles. The summed E-state index contributed by atoms with van der Waals surface area (Å²) >= 11 is 1.87. The standard InChI is InChI=1S/C24H23FN6O2S/c1-31-11-17(10-27-31)22(14-5-6-21(33-2)19(25)7-14)30-23(32)15-3-4-16-9-26-24(29-20(16)8-15)28-18-12-34-13-18/h3-11,18,22H,12-13H2,1-2H3,(H,30,32)(H,26,28,29). The lowest BCUT2D eigenvalue weighted by atomic mass is 10.0. The van der Waals surface area contributed by atoms with Crippen molar-refractivity contribution in [1.82, 2.24) is 25.1 Å². The van der Waals surface area contributed by atoms with E-state index in [1.165, 1.54) is 13.2 Å². The maximum Gasteiger partial charge on any atom is 0.252 e. The molecule has 8 nitrogen and oxygen atoms in total. The van der Waals surface area contributed by atoms with Gasteiger partial charge in [0, 0.05) is 53.5 Å². The van der Waals surface area contributed by atoms with Gasteiger partial charge >= 0.3 is 0 Å². The largest absolute Gasteiger partial charge is 0.494 e. The van der Waals surface area contributed by atoms with Crippen LogP contribution in [0.3, 0.4) is 0 Å². The molecule has 0 spiro atoms. The Morgan fingerprint density at radius 3 is 2.74 bits per heavy atom. The summed E-state index contributed by atoms with van der Waals surface area (Å²) in [5.41, 5.74) is 2.42. The smallest absolute Gasteiger partial charge is 0.252 e. The Balaban J connectivity index is 1.43. The molecule has 0 bridgehead atoms. The molecule has 0 saturated carbocycles. The van der Waals surface area contributed by atoms with Crippen molar-refractivity contribution in [1.29, 1.82) is 0 Å². The average Bonchev–Trinajstić information content (AvgIpc) is 3.25. The number of nitrogens with zero attached hydrogens (tertiary/aromatic N) is 4. The highest BCUT2D eigenvalue weighted by Gasteiger charge is 2.22. The van der Waals surface area contributed by atoms with E-state index in [-0.39, 0.29) is 11.7 Å². The summed E-state index contributed by atoms with van der Waals surface area (Å²) in [4.78, 5) is 22.2. The molecule has 34 heavy (non-hydrogen) atoms. The van der Waals surface area contributed by atoms with Crippen molar-refractivity contribution in [2.75, 3.05) is 23.9 Å². The van der Waals surface area contributed by atoms with Crippen molar-refractivity contribution in [2.24, 2.45) is 7.05 Å². The van der Waals surface area contributed by atoms with Gasteiger partial charge < -0.3 is 15.4 Å². The fourth-order valence-electron chi connectivity index (χ4n) is 3.76. The van der Waals surface area contributed by atoms with Crippen molar-refractivity contribution < 1.29 is 13.9 Å². The molecule has 10 heteroatoms. The summed E-state index contributed by atoms with van der Waals surface area (Å²) in [6.07, 6.45) is 5.19. The van der Waals surface area contributed by atoms with Crippen LogP contribution in [-0.2, 0) is 7.05 Å². The number of rotatable bonds is 7. The first-order valence-corrected chi connectivity index (χ1v) is 11.9. The van der Waals surface area contributed by atoms with Crippen LogP contribution < -0.4 is 15.4 Å². The van der Waals surface area contributed by atoms with Crippen LogP contribution in [0.15, 0.2) is 55.0 Å². The third-order valence-electron chi connectivity index (χ3n) is 5.66. The van der Waals surface area contributed by atoms with E-state index in [1.807, 2.05) is 17.8 Å². The van der Waals surface area contributed by atoms with Gasteiger partial charge in [0.05, 0.1) is 24.9 Å². The molecular formula is C24H23FN6O2S. The molecule has 5 rings (SSSR count). The normalized spacial score (nSPS) is 14.4. The number of benzene rings is 2. The number of fused-ring (bicyclic) bond motifs is 1. The van der Waals surface area contributed by atoms with E-state index >= 15 is 0 Å². The second-order valence-corrected chi connectivity index (χ2v) is 9.17. The molecule has 1 fully saturated rings. The van der Waals surface area contributed by atoms with Crippen molar-refractivity contribution >= 4 is 34.5 Å². The van der Waals surface area contributed by atoms with Gasteiger partial charge in [0.25, 0.3) is 5.91 Å². The Hall–Kier alpha value is -3.66. The Morgan fingerprint density at radius 2 is 2.06 bits per heavy atom. The zero-order valence-electron chi connectivity index (χ0n) is 18.7. The Morgan fingerprint density at radius 1 is 1.21 bits per heavy atom. The van der Waals surface area contributed by atoms with Gasteiger partial charge in [-0.15, -0.1) is 0 Å². The highest BCUT2D eigenvalue weighted by atomic mass is 32.2. The maximum atomic E-state index is 14.4. The zero-order valence-corrected chi connectivity index (χ0v) is 19.5. The predicted molar refractivity (Wildman–Crippen MR) is 130 cm³/mol. The Bertz CT molecular complexity index is 1360. The van der Waals surface area contributed by atoms with E-state index in [2.05, 4.69) is 25.7 Å². The molecule has 0 aliphatic carbocycles.